The molecule has 49 heavy (non-hydrogen) atoms. The quantitative estimate of drug-likeness (QED) is 0.132. The summed E-state index contributed by atoms with van der Waals surface area (Å²) in [5.41, 5.74) is -1.37. The van der Waals surface area contributed by atoms with Crippen molar-refractivity contribution in [3.63, 3.8) is 0 Å². The highest BCUT2D eigenvalue weighted by Crippen LogP contribution is 2.52. The minimum Gasteiger partial charge on any atom is -0.502 e. The van der Waals surface area contributed by atoms with E-state index in [1.165, 1.54) is 0 Å². The third kappa shape index (κ3) is 5.38. The van der Waals surface area contributed by atoms with Crippen molar-refractivity contribution in [1.82, 2.24) is 0 Å². The molecule has 0 saturated carbocycles. The lowest BCUT2D eigenvalue weighted by molar-refractivity contribution is -0.232. The molecule has 0 bridgehead atoms. The van der Waals surface area contributed by atoms with Gasteiger partial charge in [0, 0.05) is 11.1 Å². The number of fused-ring (bicyclic) bond motifs is 3. The molecule has 0 spiro atoms. The molecule has 0 amide bonds. The number of esters is 1. The highest BCUT2D eigenvalue weighted by atomic mass is 16.7. The Balaban J connectivity index is 1.41. The molecule has 19 nitrogen and oxygen atoms in total. The van der Waals surface area contributed by atoms with Crippen LogP contribution >= 0.6 is 0 Å². The van der Waals surface area contributed by atoms with E-state index >= 15 is 0 Å². The molecule has 2 saturated heterocycles. The maximum absolute atomic E-state index is 14.0. The number of carbonyl (C=O) groups is 2. The van der Waals surface area contributed by atoms with Crippen molar-refractivity contribution < 1.29 is 93.8 Å². The van der Waals surface area contributed by atoms with Gasteiger partial charge in [-0.2, -0.15) is 0 Å². The highest BCUT2D eigenvalue weighted by Gasteiger charge is 2.51. The van der Waals surface area contributed by atoms with Gasteiger partial charge in [-0.05, 0) is 12.1 Å². The SMILES string of the molecule is COc1c([C@H]2O[C@@H](CO)[C@H](O)[C@H](O)[C@@H]2O)cc2c(c1O)OC1C(=O)c3cc([C@@H]4O[C@H](CO)[C@@H](O)C(O)[C@H]4O)c(OC)c(O)c3OC1OC2=O. The van der Waals surface area contributed by atoms with E-state index in [1.54, 1.807) is 0 Å². The normalized spacial score (nSPS) is 35.5. The Morgan fingerprint density at radius 1 is 0.612 bits per heavy atom. The Bertz CT molecular complexity index is 1630. The summed E-state index contributed by atoms with van der Waals surface area (Å²) in [6.07, 6.45) is -20.3. The van der Waals surface area contributed by atoms with Gasteiger partial charge in [0.05, 0.1) is 33.0 Å². The van der Waals surface area contributed by atoms with Gasteiger partial charge in [0.2, 0.25) is 23.4 Å². The zero-order valence-electron chi connectivity index (χ0n) is 25.6. The van der Waals surface area contributed by atoms with Gasteiger partial charge in [-0.15, -0.1) is 0 Å². The summed E-state index contributed by atoms with van der Waals surface area (Å²) in [5.74, 6) is -5.90. The van der Waals surface area contributed by atoms with Gasteiger partial charge in [-0.25, -0.2) is 4.79 Å². The highest BCUT2D eigenvalue weighted by molar-refractivity contribution is 6.06. The maximum atomic E-state index is 14.0. The number of benzene rings is 2. The van der Waals surface area contributed by atoms with Crippen molar-refractivity contribution in [2.24, 2.45) is 0 Å². The molecule has 6 rings (SSSR count). The van der Waals surface area contributed by atoms with Crippen molar-refractivity contribution in [2.75, 3.05) is 27.4 Å². The van der Waals surface area contributed by atoms with Gasteiger partial charge in [0.15, 0.2) is 23.0 Å². The standard InChI is InChI=1S/C30H34O19/c1-43-22-8(25-18(38)16(36)14(34)11(5-31)45-25)3-7-13(33)28-30(48-24(7)20(22)40)49-29(42)10-4-9(23(44-2)21(41)27(10)47-28)26-19(39)17(37)15(35)12(6-32)46-26/h3-4,11-12,14-19,25-26,28,30-32,34-41H,5-6H2,1-2H3/t11-,12+,14-,15+,16?,17+,18-,19+,25+,26-,28?,30?/m1/s1. The zero-order valence-corrected chi connectivity index (χ0v) is 25.6. The van der Waals surface area contributed by atoms with Crippen LogP contribution in [0.3, 0.4) is 0 Å². The van der Waals surface area contributed by atoms with Gasteiger partial charge in [-0.3, -0.25) is 4.79 Å². The van der Waals surface area contributed by atoms with Crippen LogP contribution in [0.15, 0.2) is 12.1 Å². The third-order valence-electron chi connectivity index (χ3n) is 8.97. The van der Waals surface area contributed by atoms with Crippen LogP contribution < -0.4 is 18.9 Å². The topological polar surface area (TPSA) is 301 Å². The lowest BCUT2D eigenvalue weighted by atomic mass is 9.88. The molecule has 2 aromatic carbocycles. The number of aromatic hydroxyl groups is 2. The fourth-order valence-electron chi connectivity index (χ4n) is 6.40. The first-order valence-corrected chi connectivity index (χ1v) is 14.9. The average molecular weight is 699 g/mol. The molecule has 0 aliphatic carbocycles. The van der Waals surface area contributed by atoms with Gasteiger partial charge < -0.3 is 84.2 Å². The molecule has 10 N–H and O–H groups in total. The summed E-state index contributed by atoms with van der Waals surface area (Å²) in [5, 5.41) is 104. The second-order valence-corrected chi connectivity index (χ2v) is 11.7. The van der Waals surface area contributed by atoms with Crippen molar-refractivity contribution in [2.45, 2.75) is 73.4 Å². The van der Waals surface area contributed by atoms with Crippen LogP contribution in [0, 0.1) is 0 Å². The van der Waals surface area contributed by atoms with Gasteiger partial charge in [0.25, 0.3) is 6.29 Å². The van der Waals surface area contributed by atoms with Crippen LogP contribution in [0.5, 0.6) is 34.5 Å². The Kier molecular flexibility index (Phi) is 9.26. The number of phenols is 2. The molecule has 4 aliphatic rings. The van der Waals surface area contributed by atoms with Crippen LogP contribution in [0.2, 0.25) is 0 Å². The van der Waals surface area contributed by atoms with Crippen molar-refractivity contribution >= 4 is 11.8 Å². The Morgan fingerprint density at radius 3 is 1.51 bits per heavy atom. The molecular formula is C30H34O19. The number of phenolic OH excluding ortho intramolecular Hbond substituents is 2. The fourth-order valence-corrected chi connectivity index (χ4v) is 6.40. The van der Waals surface area contributed by atoms with E-state index in [1.807, 2.05) is 0 Å². The lowest BCUT2D eigenvalue weighted by Crippen LogP contribution is -2.55. The molecule has 4 aliphatic heterocycles. The molecule has 12 atom stereocenters. The first kappa shape index (κ1) is 34.8. The van der Waals surface area contributed by atoms with E-state index in [0.717, 1.165) is 26.4 Å². The predicted octanol–water partition coefficient (Wildman–Crippen LogP) is -3.34. The molecule has 4 heterocycles. The first-order valence-electron chi connectivity index (χ1n) is 14.9. The van der Waals surface area contributed by atoms with E-state index in [9.17, 15) is 60.7 Å². The first-order chi connectivity index (χ1) is 23.3. The number of ether oxygens (including phenoxy) is 7. The average Bonchev–Trinajstić information content (AvgIpc) is 3.23. The molecule has 0 aromatic heterocycles. The lowest BCUT2D eigenvalue weighted by Gasteiger charge is -2.41. The van der Waals surface area contributed by atoms with Crippen LogP contribution in [-0.4, -0.2) is 151 Å². The third-order valence-corrected chi connectivity index (χ3v) is 8.97. The molecule has 2 aromatic rings. The van der Waals surface area contributed by atoms with E-state index in [0.29, 0.717) is 0 Å². The second-order valence-electron chi connectivity index (χ2n) is 11.7. The molecular weight excluding hydrogens is 664 g/mol. The van der Waals surface area contributed by atoms with Crippen molar-refractivity contribution in [3.05, 3.63) is 34.4 Å². The fraction of sp³-hybridized carbons (Fsp3) is 0.533. The number of carbonyl (C=O) groups excluding carboxylic acids is 2. The molecule has 3 unspecified atom stereocenters. The second kappa shape index (κ2) is 13.0. The van der Waals surface area contributed by atoms with Gasteiger partial charge >= 0.3 is 5.97 Å². The number of Topliss-reactive ketones (excluding diaryl/α,β-unsaturated/α-hetero) is 1. The minimum atomic E-state index is -1.88. The number of aliphatic hydroxyl groups excluding tert-OH is 8. The maximum Gasteiger partial charge on any atom is 0.345 e. The molecule has 268 valence electrons. The van der Waals surface area contributed by atoms with Crippen LogP contribution in [0.1, 0.15) is 44.1 Å². The van der Waals surface area contributed by atoms with E-state index < -0.39 is 144 Å². The van der Waals surface area contributed by atoms with E-state index in [2.05, 4.69) is 0 Å². The number of methoxy groups -OCH3 is 2. The van der Waals surface area contributed by atoms with E-state index in [4.69, 9.17) is 33.2 Å². The van der Waals surface area contributed by atoms with Crippen LogP contribution in [0.4, 0.5) is 0 Å². The summed E-state index contributed by atoms with van der Waals surface area (Å²) < 4.78 is 38.7. The number of ketones is 1. The smallest absolute Gasteiger partial charge is 0.345 e. The molecule has 2 fully saturated rings. The Morgan fingerprint density at radius 2 is 1.06 bits per heavy atom. The Labute approximate surface area is 275 Å². The summed E-state index contributed by atoms with van der Waals surface area (Å²) in [6, 6.07) is 2.11. The van der Waals surface area contributed by atoms with Gasteiger partial charge in [0.1, 0.15) is 66.6 Å². The predicted molar refractivity (Wildman–Crippen MR) is 153 cm³/mol. The number of rotatable bonds is 6. The molecule has 0 radical (unpaired) electrons. The molecule has 19 heteroatoms. The summed E-state index contributed by atoms with van der Waals surface area (Å²) in [6.45, 7) is -1.54. The van der Waals surface area contributed by atoms with Crippen molar-refractivity contribution in [3.8, 4) is 34.5 Å². The summed E-state index contributed by atoms with van der Waals surface area (Å²) in [4.78, 5) is 27.4. The number of hydrogen-bond acceptors (Lipinski definition) is 19. The number of aliphatic hydroxyl groups is 8. The van der Waals surface area contributed by atoms with Crippen LogP contribution in [0.25, 0.3) is 0 Å². The monoisotopic (exact) mass is 698 g/mol. The number of hydrogen-bond donors (Lipinski definition) is 10. The largest absolute Gasteiger partial charge is 0.502 e. The Hall–Kier alpha value is -4.02. The minimum absolute atomic E-state index is 0.203. The summed E-state index contributed by atoms with van der Waals surface area (Å²) in [7, 11) is 2.23. The van der Waals surface area contributed by atoms with E-state index in [-0.39, 0.29) is 11.1 Å². The van der Waals surface area contributed by atoms with Crippen LogP contribution in [-0.2, 0) is 14.2 Å². The summed E-state index contributed by atoms with van der Waals surface area (Å²) >= 11 is 0. The van der Waals surface area contributed by atoms with Gasteiger partial charge in [-0.1, -0.05) is 0 Å². The van der Waals surface area contributed by atoms with Crippen molar-refractivity contribution in [1.29, 1.82) is 0 Å². The zero-order chi connectivity index (χ0) is 35.6.